The van der Waals surface area contributed by atoms with Gasteiger partial charge in [-0.1, -0.05) is 41.1 Å². The average molecular weight is 491 g/mol. The number of benzene rings is 3. The fraction of sp³-hybridized carbons (Fsp3) is 0.115. The fourth-order valence-corrected chi connectivity index (χ4v) is 5.34. The Hall–Kier alpha value is -3.68. The summed E-state index contributed by atoms with van der Waals surface area (Å²) in [4.78, 5) is 32.6. The molecule has 3 aromatic carbocycles. The highest BCUT2D eigenvalue weighted by atomic mass is 35.5. The number of hydrogen-bond donors (Lipinski definition) is 1. The normalized spacial score (nSPS) is 17.5. The zero-order valence-electron chi connectivity index (χ0n) is 18.3. The Labute approximate surface area is 204 Å². The van der Waals surface area contributed by atoms with Crippen LogP contribution >= 0.6 is 22.9 Å². The van der Waals surface area contributed by atoms with Gasteiger partial charge in [-0.15, -0.1) is 0 Å². The number of aromatic nitrogens is 1. The molecule has 0 aliphatic carbocycles. The van der Waals surface area contributed by atoms with Gasteiger partial charge in [0, 0.05) is 10.6 Å². The van der Waals surface area contributed by atoms with Gasteiger partial charge in [0.25, 0.3) is 5.78 Å². The van der Waals surface area contributed by atoms with Gasteiger partial charge in [0.2, 0.25) is 0 Å². The van der Waals surface area contributed by atoms with Crippen LogP contribution in [0.3, 0.4) is 0 Å². The molecule has 1 saturated heterocycles. The molecule has 0 unspecified atom stereocenters. The van der Waals surface area contributed by atoms with Crippen LogP contribution in [-0.2, 0) is 9.59 Å². The number of anilines is 1. The highest BCUT2D eigenvalue weighted by Gasteiger charge is 2.48. The van der Waals surface area contributed by atoms with Crippen molar-refractivity contribution in [1.82, 2.24) is 4.98 Å². The number of hydrogen-bond acceptors (Lipinski definition) is 6. The molecule has 4 aromatic rings. The van der Waals surface area contributed by atoms with Crippen molar-refractivity contribution < 1.29 is 19.4 Å². The first-order valence-electron chi connectivity index (χ1n) is 10.5. The van der Waals surface area contributed by atoms with Crippen LogP contribution < -0.4 is 9.64 Å². The Morgan fingerprint density at radius 2 is 1.85 bits per heavy atom. The molecule has 170 valence electrons. The second-order valence-electron chi connectivity index (χ2n) is 7.92. The summed E-state index contributed by atoms with van der Waals surface area (Å²) in [6, 6.07) is 18.5. The molecule has 1 aliphatic heterocycles. The lowest BCUT2D eigenvalue weighted by atomic mass is 9.95. The molecule has 0 bridgehead atoms. The summed E-state index contributed by atoms with van der Waals surface area (Å²) in [6.45, 7) is 1.98. The van der Waals surface area contributed by atoms with Crippen LogP contribution in [0.15, 0.2) is 72.3 Å². The number of ketones is 1. The van der Waals surface area contributed by atoms with Gasteiger partial charge in [0.05, 0.1) is 28.9 Å². The Morgan fingerprint density at radius 3 is 2.56 bits per heavy atom. The number of fused-ring (bicyclic) bond motifs is 1. The maximum Gasteiger partial charge on any atom is 0.301 e. The van der Waals surface area contributed by atoms with Crippen molar-refractivity contribution >= 4 is 55.7 Å². The van der Waals surface area contributed by atoms with Crippen molar-refractivity contribution in [2.24, 2.45) is 0 Å². The largest absolute Gasteiger partial charge is 0.507 e. The molecular weight excluding hydrogens is 472 g/mol. The molecule has 6 nitrogen and oxygen atoms in total. The Kier molecular flexibility index (Phi) is 5.59. The molecule has 0 spiro atoms. The van der Waals surface area contributed by atoms with E-state index in [2.05, 4.69) is 4.98 Å². The number of methoxy groups -OCH3 is 1. The number of carbonyl (C=O) groups is 2. The minimum Gasteiger partial charge on any atom is -0.507 e. The molecular formula is C26H19ClN2O4S. The van der Waals surface area contributed by atoms with Crippen molar-refractivity contribution in [1.29, 1.82) is 0 Å². The van der Waals surface area contributed by atoms with E-state index in [9.17, 15) is 14.7 Å². The summed E-state index contributed by atoms with van der Waals surface area (Å²) in [7, 11) is 1.54. The van der Waals surface area contributed by atoms with Crippen LogP contribution in [0.5, 0.6) is 5.75 Å². The molecule has 2 heterocycles. The lowest BCUT2D eigenvalue weighted by molar-refractivity contribution is -0.132. The van der Waals surface area contributed by atoms with Crippen LogP contribution in [0, 0.1) is 6.92 Å². The van der Waals surface area contributed by atoms with Gasteiger partial charge in [-0.25, -0.2) is 4.98 Å². The molecule has 34 heavy (non-hydrogen) atoms. The van der Waals surface area contributed by atoms with E-state index < -0.39 is 17.7 Å². The van der Waals surface area contributed by atoms with Gasteiger partial charge in [-0.05, 0) is 66.6 Å². The first-order valence-corrected chi connectivity index (χ1v) is 11.6. The lowest BCUT2D eigenvalue weighted by Crippen LogP contribution is -2.29. The van der Waals surface area contributed by atoms with E-state index in [0.717, 1.165) is 15.8 Å². The predicted molar refractivity (Wildman–Crippen MR) is 134 cm³/mol. The zero-order chi connectivity index (χ0) is 24.0. The second kappa shape index (κ2) is 8.59. The third-order valence-electron chi connectivity index (χ3n) is 5.71. The van der Waals surface area contributed by atoms with E-state index in [0.29, 0.717) is 27.0 Å². The third-order valence-corrected chi connectivity index (χ3v) is 6.96. The SMILES string of the molecule is COc1ccc(/C(O)=C2\C(=O)C(=O)N(c3nc4ccc(C)cc4s3)[C@@H]2c2cccc(Cl)c2)cc1. The Morgan fingerprint density at radius 1 is 1.09 bits per heavy atom. The van der Waals surface area contributed by atoms with Crippen molar-refractivity contribution in [3.63, 3.8) is 0 Å². The first-order chi connectivity index (χ1) is 16.4. The van der Waals surface area contributed by atoms with E-state index in [-0.39, 0.29) is 11.3 Å². The summed E-state index contributed by atoms with van der Waals surface area (Å²) in [5.74, 6) is -1.21. The van der Waals surface area contributed by atoms with E-state index in [1.54, 1.807) is 55.6 Å². The van der Waals surface area contributed by atoms with Gasteiger partial charge >= 0.3 is 5.91 Å². The smallest absolute Gasteiger partial charge is 0.301 e. The number of carbonyl (C=O) groups excluding carboxylic acids is 2. The number of halogens is 1. The van der Waals surface area contributed by atoms with Crippen molar-refractivity contribution in [2.45, 2.75) is 13.0 Å². The van der Waals surface area contributed by atoms with E-state index in [1.165, 1.54) is 16.2 Å². The van der Waals surface area contributed by atoms with Gasteiger partial charge < -0.3 is 9.84 Å². The summed E-state index contributed by atoms with van der Waals surface area (Å²) in [5, 5.41) is 12.0. The van der Waals surface area contributed by atoms with Gasteiger partial charge in [0.1, 0.15) is 11.5 Å². The maximum absolute atomic E-state index is 13.3. The summed E-state index contributed by atoms with van der Waals surface area (Å²) in [5.41, 5.74) is 2.76. The first kappa shape index (κ1) is 22.1. The number of amides is 1. The number of thiazole rings is 1. The van der Waals surface area contributed by atoms with E-state index in [4.69, 9.17) is 16.3 Å². The predicted octanol–water partition coefficient (Wildman–Crippen LogP) is 5.89. The van der Waals surface area contributed by atoms with E-state index >= 15 is 0 Å². The minimum atomic E-state index is -0.887. The second-order valence-corrected chi connectivity index (χ2v) is 9.37. The number of rotatable bonds is 4. The van der Waals surface area contributed by atoms with Crippen molar-refractivity contribution in [2.75, 3.05) is 12.0 Å². The molecule has 1 fully saturated rings. The minimum absolute atomic E-state index is 0.0205. The third kappa shape index (κ3) is 3.73. The van der Waals surface area contributed by atoms with Crippen LogP contribution in [0.1, 0.15) is 22.7 Å². The molecule has 1 aromatic heterocycles. The van der Waals surface area contributed by atoms with Gasteiger partial charge in [-0.2, -0.15) is 0 Å². The van der Waals surface area contributed by atoms with Gasteiger partial charge in [0.15, 0.2) is 5.13 Å². The standard InChI is InChI=1S/C26H19ClN2O4S/c1-14-6-11-19-20(12-14)34-26(28-19)29-22(16-4-3-5-17(27)13-16)21(24(31)25(29)32)23(30)15-7-9-18(33-2)10-8-15/h3-13,22,30H,1-2H3/b23-21+/t22-/m1/s1. The van der Waals surface area contributed by atoms with Crippen LogP contribution in [0.4, 0.5) is 5.13 Å². The zero-order valence-corrected chi connectivity index (χ0v) is 19.9. The van der Waals surface area contributed by atoms with Crippen LogP contribution in [0.2, 0.25) is 5.02 Å². The summed E-state index contributed by atoms with van der Waals surface area (Å²) in [6.07, 6.45) is 0. The van der Waals surface area contributed by atoms with E-state index in [1.807, 2.05) is 25.1 Å². The monoisotopic (exact) mass is 490 g/mol. The number of ether oxygens (including phenoxy) is 1. The summed E-state index contributed by atoms with van der Waals surface area (Å²) < 4.78 is 6.08. The van der Waals surface area contributed by atoms with Crippen molar-refractivity contribution in [3.8, 4) is 5.75 Å². The fourth-order valence-electron chi connectivity index (χ4n) is 4.05. The highest BCUT2D eigenvalue weighted by Crippen LogP contribution is 2.44. The molecule has 1 N–H and O–H groups in total. The molecule has 0 radical (unpaired) electrons. The maximum atomic E-state index is 13.3. The van der Waals surface area contributed by atoms with Gasteiger partial charge in [-0.3, -0.25) is 14.5 Å². The molecule has 1 amide bonds. The number of aryl methyl sites for hydroxylation is 1. The average Bonchev–Trinajstić information content (AvgIpc) is 3.36. The Balaban J connectivity index is 1.72. The number of aliphatic hydroxyl groups excluding tert-OH is 1. The number of aliphatic hydroxyl groups is 1. The lowest BCUT2D eigenvalue weighted by Gasteiger charge is -2.23. The molecule has 1 atom stereocenters. The Bertz CT molecular complexity index is 1480. The number of Topliss-reactive ketones (excluding diaryl/α,β-unsaturated/α-hetero) is 1. The van der Waals surface area contributed by atoms with Crippen LogP contribution in [0.25, 0.3) is 16.0 Å². The molecule has 0 saturated carbocycles. The quantitative estimate of drug-likeness (QED) is 0.219. The molecule has 5 rings (SSSR count). The summed E-state index contributed by atoms with van der Waals surface area (Å²) >= 11 is 7.57. The van der Waals surface area contributed by atoms with Crippen molar-refractivity contribution in [3.05, 3.63) is 94.0 Å². The molecule has 1 aliphatic rings. The number of nitrogens with zero attached hydrogens (tertiary/aromatic N) is 2. The highest BCUT2D eigenvalue weighted by molar-refractivity contribution is 7.22. The topological polar surface area (TPSA) is 79.7 Å². The molecule has 8 heteroatoms. The van der Waals surface area contributed by atoms with Crippen LogP contribution in [-0.4, -0.2) is 28.9 Å².